The van der Waals surface area contributed by atoms with E-state index in [0.717, 1.165) is 42.8 Å². The molecule has 1 aromatic carbocycles. The van der Waals surface area contributed by atoms with Crippen LogP contribution in [-0.2, 0) is 4.74 Å². The van der Waals surface area contributed by atoms with Gasteiger partial charge >= 0.3 is 5.69 Å². The highest BCUT2D eigenvalue weighted by atomic mass is 16.5. The third-order valence-electron chi connectivity index (χ3n) is 3.11. The highest BCUT2D eigenvalue weighted by Gasteiger charge is 2.13. The van der Waals surface area contributed by atoms with Crippen LogP contribution >= 0.6 is 0 Å². The first kappa shape index (κ1) is 10.4. The SMILES string of the molecule is O=c1[nH]c2ccc(NC3CCOCC3)cc2[nH]1. The Hall–Kier alpha value is -1.75. The summed E-state index contributed by atoms with van der Waals surface area (Å²) < 4.78 is 5.32. The van der Waals surface area contributed by atoms with E-state index in [1.54, 1.807) is 0 Å². The molecule has 0 saturated carbocycles. The summed E-state index contributed by atoms with van der Waals surface area (Å²) in [5, 5.41) is 3.47. The predicted octanol–water partition coefficient (Wildman–Crippen LogP) is 1.45. The van der Waals surface area contributed by atoms with Gasteiger partial charge in [-0.3, -0.25) is 0 Å². The Balaban J connectivity index is 1.82. The van der Waals surface area contributed by atoms with Gasteiger partial charge in [-0.15, -0.1) is 0 Å². The number of aromatic nitrogens is 2. The normalized spacial score (nSPS) is 17.4. The van der Waals surface area contributed by atoms with Crippen molar-refractivity contribution in [2.75, 3.05) is 18.5 Å². The number of nitrogens with one attached hydrogen (secondary N) is 3. The molecule has 3 rings (SSSR count). The maximum absolute atomic E-state index is 11.1. The largest absolute Gasteiger partial charge is 0.382 e. The minimum absolute atomic E-state index is 0.164. The smallest absolute Gasteiger partial charge is 0.323 e. The quantitative estimate of drug-likeness (QED) is 0.735. The molecule has 2 aromatic rings. The van der Waals surface area contributed by atoms with Gasteiger partial charge in [0.25, 0.3) is 0 Å². The van der Waals surface area contributed by atoms with E-state index in [-0.39, 0.29) is 5.69 Å². The predicted molar refractivity (Wildman–Crippen MR) is 66.4 cm³/mol. The van der Waals surface area contributed by atoms with Crippen molar-refractivity contribution in [1.29, 1.82) is 0 Å². The minimum Gasteiger partial charge on any atom is -0.382 e. The zero-order valence-corrected chi connectivity index (χ0v) is 9.45. The molecule has 0 unspecified atom stereocenters. The van der Waals surface area contributed by atoms with Crippen LogP contribution in [0.1, 0.15) is 12.8 Å². The van der Waals surface area contributed by atoms with Crippen LogP contribution in [0.15, 0.2) is 23.0 Å². The highest BCUT2D eigenvalue weighted by molar-refractivity contribution is 5.78. The molecular weight excluding hydrogens is 218 g/mol. The van der Waals surface area contributed by atoms with Gasteiger partial charge in [0.05, 0.1) is 11.0 Å². The van der Waals surface area contributed by atoms with Gasteiger partial charge < -0.3 is 20.0 Å². The molecule has 5 nitrogen and oxygen atoms in total. The molecule has 1 saturated heterocycles. The Labute approximate surface area is 98.2 Å². The molecule has 1 aliphatic rings. The molecule has 0 atom stereocenters. The molecule has 1 aromatic heterocycles. The van der Waals surface area contributed by atoms with E-state index in [9.17, 15) is 4.79 Å². The molecule has 90 valence electrons. The Morgan fingerprint density at radius 3 is 2.76 bits per heavy atom. The topological polar surface area (TPSA) is 69.9 Å². The number of aromatic amines is 2. The van der Waals surface area contributed by atoms with Crippen molar-refractivity contribution >= 4 is 16.7 Å². The van der Waals surface area contributed by atoms with Gasteiger partial charge in [0, 0.05) is 24.9 Å². The Bertz CT molecular complexity index is 566. The van der Waals surface area contributed by atoms with Gasteiger partial charge in [-0.2, -0.15) is 0 Å². The Kier molecular flexibility index (Phi) is 2.60. The fourth-order valence-corrected chi connectivity index (χ4v) is 2.20. The summed E-state index contributed by atoms with van der Waals surface area (Å²) in [4.78, 5) is 16.6. The molecule has 0 bridgehead atoms. The lowest BCUT2D eigenvalue weighted by molar-refractivity contribution is 0.0904. The van der Waals surface area contributed by atoms with Gasteiger partial charge in [-0.25, -0.2) is 4.79 Å². The van der Waals surface area contributed by atoms with Gasteiger partial charge in [-0.1, -0.05) is 0 Å². The number of imidazole rings is 1. The monoisotopic (exact) mass is 233 g/mol. The minimum atomic E-state index is -0.164. The molecule has 1 fully saturated rings. The summed E-state index contributed by atoms with van der Waals surface area (Å²) in [6, 6.07) is 6.32. The van der Waals surface area contributed by atoms with Crippen LogP contribution < -0.4 is 11.0 Å². The lowest BCUT2D eigenvalue weighted by Gasteiger charge is -2.24. The van der Waals surface area contributed by atoms with E-state index in [1.165, 1.54) is 0 Å². The number of anilines is 1. The average Bonchev–Trinajstić information content (AvgIpc) is 2.70. The van der Waals surface area contributed by atoms with Crippen molar-refractivity contribution in [3.05, 3.63) is 28.7 Å². The van der Waals surface area contributed by atoms with Crippen LogP contribution in [0.3, 0.4) is 0 Å². The molecule has 5 heteroatoms. The van der Waals surface area contributed by atoms with Crippen molar-refractivity contribution in [1.82, 2.24) is 9.97 Å². The summed E-state index contributed by atoms with van der Waals surface area (Å²) >= 11 is 0. The Morgan fingerprint density at radius 2 is 1.94 bits per heavy atom. The van der Waals surface area contributed by atoms with Crippen molar-refractivity contribution in [3.8, 4) is 0 Å². The van der Waals surface area contributed by atoms with Crippen LogP contribution in [0.5, 0.6) is 0 Å². The number of ether oxygens (including phenoxy) is 1. The van der Waals surface area contributed by atoms with Crippen LogP contribution in [-0.4, -0.2) is 29.2 Å². The summed E-state index contributed by atoms with van der Waals surface area (Å²) in [6.07, 6.45) is 2.06. The number of rotatable bonds is 2. The van der Waals surface area contributed by atoms with Gasteiger partial charge in [0.15, 0.2) is 0 Å². The fourth-order valence-electron chi connectivity index (χ4n) is 2.20. The van der Waals surface area contributed by atoms with Crippen LogP contribution in [0.2, 0.25) is 0 Å². The summed E-state index contributed by atoms with van der Waals surface area (Å²) in [6.45, 7) is 1.64. The van der Waals surface area contributed by atoms with Crippen molar-refractivity contribution in [3.63, 3.8) is 0 Å². The van der Waals surface area contributed by atoms with Crippen molar-refractivity contribution in [2.24, 2.45) is 0 Å². The molecule has 17 heavy (non-hydrogen) atoms. The van der Waals surface area contributed by atoms with Crippen LogP contribution in [0.4, 0.5) is 5.69 Å². The zero-order chi connectivity index (χ0) is 11.7. The number of fused-ring (bicyclic) bond motifs is 1. The number of hydrogen-bond acceptors (Lipinski definition) is 3. The fraction of sp³-hybridized carbons (Fsp3) is 0.417. The van der Waals surface area contributed by atoms with E-state index >= 15 is 0 Å². The first-order chi connectivity index (χ1) is 8.31. The maximum atomic E-state index is 11.1. The number of benzene rings is 1. The third-order valence-corrected chi connectivity index (χ3v) is 3.11. The Morgan fingerprint density at radius 1 is 1.18 bits per heavy atom. The van der Waals surface area contributed by atoms with Crippen LogP contribution in [0.25, 0.3) is 11.0 Å². The van der Waals surface area contributed by atoms with E-state index in [4.69, 9.17) is 4.74 Å². The lowest BCUT2D eigenvalue weighted by atomic mass is 10.1. The summed E-state index contributed by atoms with van der Waals surface area (Å²) in [5.41, 5.74) is 2.56. The molecule has 2 heterocycles. The summed E-state index contributed by atoms with van der Waals surface area (Å²) in [7, 11) is 0. The molecule has 0 amide bonds. The zero-order valence-electron chi connectivity index (χ0n) is 9.45. The van der Waals surface area contributed by atoms with Gasteiger partial charge in [-0.05, 0) is 31.0 Å². The second kappa shape index (κ2) is 4.25. The van der Waals surface area contributed by atoms with Crippen LogP contribution in [0, 0.1) is 0 Å². The second-order valence-corrected chi connectivity index (χ2v) is 4.37. The van der Waals surface area contributed by atoms with Gasteiger partial charge in [0.2, 0.25) is 0 Å². The van der Waals surface area contributed by atoms with Gasteiger partial charge in [0.1, 0.15) is 0 Å². The molecule has 0 aliphatic carbocycles. The standard InChI is InChI=1S/C12H15N3O2/c16-12-14-10-2-1-9(7-11(10)15-12)13-8-3-5-17-6-4-8/h1-2,7-8,13H,3-6H2,(H2,14,15,16). The van der Waals surface area contributed by atoms with Crippen molar-refractivity contribution in [2.45, 2.75) is 18.9 Å². The lowest BCUT2D eigenvalue weighted by Crippen LogP contribution is -2.27. The molecule has 1 aliphatic heterocycles. The first-order valence-electron chi connectivity index (χ1n) is 5.87. The maximum Gasteiger partial charge on any atom is 0.323 e. The first-order valence-corrected chi connectivity index (χ1v) is 5.87. The number of hydrogen-bond donors (Lipinski definition) is 3. The summed E-state index contributed by atoms with van der Waals surface area (Å²) in [5.74, 6) is 0. The van der Waals surface area contributed by atoms with Crippen molar-refractivity contribution < 1.29 is 4.74 Å². The van der Waals surface area contributed by atoms with E-state index in [1.807, 2.05) is 18.2 Å². The van der Waals surface area contributed by atoms with E-state index < -0.39 is 0 Å². The number of H-pyrrole nitrogens is 2. The van der Waals surface area contributed by atoms with E-state index in [0.29, 0.717) is 6.04 Å². The molecule has 0 spiro atoms. The highest BCUT2D eigenvalue weighted by Crippen LogP contribution is 2.18. The van der Waals surface area contributed by atoms with E-state index in [2.05, 4.69) is 15.3 Å². The molecule has 0 radical (unpaired) electrons. The average molecular weight is 233 g/mol. The third kappa shape index (κ3) is 2.19. The molecular formula is C12H15N3O2. The molecule has 3 N–H and O–H groups in total. The second-order valence-electron chi connectivity index (χ2n) is 4.37.